The van der Waals surface area contributed by atoms with Crippen molar-refractivity contribution in [3.05, 3.63) is 0 Å². The fourth-order valence-electron chi connectivity index (χ4n) is 7.60. The summed E-state index contributed by atoms with van der Waals surface area (Å²) in [5, 5.41) is 7.51. The van der Waals surface area contributed by atoms with Crippen LogP contribution in [-0.2, 0) is 28.8 Å². The standard InChI is InChI=1S/C8H15NO.C7H14N2O.2C7H13NO.2C6H12N2O/c1-7-5-3-4-6-9(7)8(2)10;1-7(10)9-6-4-3-5-8(9)2;1-6-3-4-8(5-6)7(2)9;1-6-4-3-5-8(6)7(2)9;1-6(9)8-4-3-7(2)5-8;1-6(9)8-5-3-4-7(8)2/h7H,3-6H2,1-2H3;3-6H2,1-2H3;2*6H,3-5H2,1-2H3;2*3-5H2,1-2H3. The third-order valence-corrected chi connectivity index (χ3v) is 11.1. The number of amides is 6. The summed E-state index contributed by atoms with van der Waals surface area (Å²) in [7, 11) is 5.91. The molecular weight excluding hydrogens is 715 g/mol. The van der Waals surface area contributed by atoms with E-state index in [0.717, 1.165) is 85.0 Å². The van der Waals surface area contributed by atoms with Crippen LogP contribution < -0.4 is 0 Å². The summed E-state index contributed by atoms with van der Waals surface area (Å²) in [6.07, 6.45) is 10.6. The Labute approximate surface area is 339 Å². The molecule has 0 aromatic rings. The minimum absolute atomic E-state index is 0.148. The molecule has 3 atom stereocenters. The van der Waals surface area contributed by atoms with Gasteiger partial charge in [0.25, 0.3) is 0 Å². The second-order valence-electron chi connectivity index (χ2n) is 16.2. The average Bonchev–Trinajstić information content (AvgIpc) is 3.95. The molecule has 6 saturated heterocycles. The summed E-state index contributed by atoms with van der Waals surface area (Å²) in [4.78, 5) is 74.5. The van der Waals surface area contributed by atoms with Gasteiger partial charge < -0.3 is 19.6 Å². The predicted molar refractivity (Wildman–Crippen MR) is 222 cm³/mol. The van der Waals surface area contributed by atoms with E-state index in [1.807, 2.05) is 50.8 Å². The lowest BCUT2D eigenvalue weighted by Gasteiger charge is -2.34. The first-order chi connectivity index (χ1) is 26.3. The number of piperidine rings is 1. The molecule has 0 aromatic carbocycles. The van der Waals surface area contributed by atoms with Crippen LogP contribution in [-0.4, -0.2) is 185 Å². The van der Waals surface area contributed by atoms with E-state index >= 15 is 0 Å². The van der Waals surface area contributed by atoms with Gasteiger partial charge in [-0.3, -0.25) is 43.7 Å². The minimum Gasteiger partial charge on any atom is -0.343 e. The van der Waals surface area contributed by atoms with Gasteiger partial charge in [0.1, 0.15) is 0 Å². The summed E-state index contributed by atoms with van der Waals surface area (Å²) >= 11 is 0. The largest absolute Gasteiger partial charge is 0.343 e. The molecule has 6 heterocycles. The summed E-state index contributed by atoms with van der Waals surface area (Å²) < 4.78 is 0. The molecule has 0 bridgehead atoms. The van der Waals surface area contributed by atoms with Gasteiger partial charge >= 0.3 is 0 Å². The first kappa shape index (κ1) is 50.7. The number of likely N-dealkylation sites (N-methyl/N-ethyl adjacent to an activating group) is 1. The van der Waals surface area contributed by atoms with Crippen molar-refractivity contribution in [2.24, 2.45) is 5.92 Å². The smallest absolute Gasteiger partial charge is 0.233 e. The summed E-state index contributed by atoms with van der Waals surface area (Å²) in [5.41, 5.74) is 0. The Balaban J connectivity index is 0.000000336. The highest BCUT2D eigenvalue weighted by Crippen LogP contribution is 2.17. The van der Waals surface area contributed by atoms with Gasteiger partial charge in [-0.25, -0.2) is 10.0 Å². The monoisotopic (exact) mass is 794 g/mol. The number of hydrogen-bond donors (Lipinski definition) is 0. The molecule has 0 aromatic heterocycles. The third-order valence-electron chi connectivity index (χ3n) is 11.1. The van der Waals surface area contributed by atoms with E-state index in [9.17, 15) is 28.8 Å². The number of rotatable bonds is 0. The Morgan fingerprint density at radius 3 is 1.12 bits per heavy atom. The molecule has 324 valence electrons. The molecule has 15 nitrogen and oxygen atoms in total. The van der Waals surface area contributed by atoms with E-state index in [1.165, 1.54) is 44.9 Å². The molecule has 0 spiro atoms. The lowest BCUT2D eigenvalue weighted by molar-refractivity contribution is -0.147. The van der Waals surface area contributed by atoms with Crippen molar-refractivity contribution in [3.8, 4) is 0 Å². The molecular formula is C41H79N9O6. The number of likely N-dealkylation sites (tertiary alicyclic amines) is 3. The molecule has 6 aliphatic heterocycles. The third kappa shape index (κ3) is 19.2. The Kier molecular flexibility index (Phi) is 24.1. The van der Waals surface area contributed by atoms with E-state index in [0.29, 0.717) is 18.0 Å². The van der Waals surface area contributed by atoms with Crippen LogP contribution >= 0.6 is 0 Å². The molecule has 0 saturated carbocycles. The van der Waals surface area contributed by atoms with Gasteiger partial charge in [-0.15, -0.1) is 0 Å². The first-order valence-corrected chi connectivity index (χ1v) is 21.0. The molecule has 0 radical (unpaired) electrons. The lowest BCUT2D eigenvalue weighted by atomic mass is 10.0. The SMILES string of the molecule is CC(=O)N1CCC(C)C1.CC(=O)N1CCCC1C.CC(=O)N1CCCCC1C.CC(=O)N1CCCCN1C.CC(=O)N1CCCN1C.CC(=O)N1CCN(C)C1. The van der Waals surface area contributed by atoms with Crippen LogP contribution in [0, 0.1) is 5.92 Å². The Hall–Kier alpha value is -3.30. The van der Waals surface area contributed by atoms with Gasteiger partial charge in [-0.2, -0.15) is 0 Å². The molecule has 6 amide bonds. The number of nitrogens with zero attached hydrogens (tertiary/aromatic N) is 9. The summed E-state index contributed by atoms with van der Waals surface area (Å²) in [5.74, 6) is 1.87. The number of carbonyl (C=O) groups is 6. The fourth-order valence-corrected chi connectivity index (χ4v) is 7.60. The van der Waals surface area contributed by atoms with Crippen molar-refractivity contribution in [1.82, 2.24) is 44.5 Å². The van der Waals surface area contributed by atoms with E-state index in [2.05, 4.69) is 25.7 Å². The zero-order valence-electron chi connectivity index (χ0n) is 37.3. The highest BCUT2D eigenvalue weighted by Gasteiger charge is 2.23. The van der Waals surface area contributed by atoms with Crippen molar-refractivity contribution < 1.29 is 28.8 Å². The Bertz CT molecular complexity index is 1150. The Morgan fingerprint density at radius 1 is 0.411 bits per heavy atom. The zero-order chi connectivity index (χ0) is 42.5. The van der Waals surface area contributed by atoms with Crippen molar-refractivity contribution in [2.75, 3.05) is 93.3 Å². The van der Waals surface area contributed by atoms with Gasteiger partial charge in [-0.05, 0) is 84.6 Å². The van der Waals surface area contributed by atoms with Gasteiger partial charge in [0.05, 0.1) is 6.67 Å². The molecule has 0 N–H and O–H groups in total. The molecule has 6 fully saturated rings. The minimum atomic E-state index is 0.148. The van der Waals surface area contributed by atoms with Crippen LogP contribution in [0.15, 0.2) is 0 Å². The normalized spacial score (nSPS) is 23.9. The van der Waals surface area contributed by atoms with Crippen LogP contribution in [0.4, 0.5) is 0 Å². The number of hydrogen-bond acceptors (Lipinski definition) is 9. The molecule has 15 heteroatoms. The van der Waals surface area contributed by atoms with Gasteiger partial charge in [0.2, 0.25) is 35.4 Å². The van der Waals surface area contributed by atoms with E-state index in [-0.39, 0.29) is 35.4 Å². The maximum Gasteiger partial charge on any atom is 0.233 e. The second kappa shape index (κ2) is 26.6. The van der Waals surface area contributed by atoms with E-state index in [4.69, 9.17) is 0 Å². The molecule has 56 heavy (non-hydrogen) atoms. The van der Waals surface area contributed by atoms with Gasteiger partial charge in [-0.1, -0.05) is 6.92 Å². The topological polar surface area (TPSA) is 132 Å². The number of carbonyl (C=O) groups excluding carboxylic acids is 6. The maximum atomic E-state index is 10.9. The van der Waals surface area contributed by atoms with E-state index in [1.54, 1.807) is 51.6 Å². The van der Waals surface area contributed by atoms with Crippen molar-refractivity contribution in [3.63, 3.8) is 0 Å². The Morgan fingerprint density at radius 2 is 0.857 bits per heavy atom. The molecule has 0 aliphatic carbocycles. The average molecular weight is 794 g/mol. The molecule has 6 aliphatic rings. The van der Waals surface area contributed by atoms with Crippen LogP contribution in [0.5, 0.6) is 0 Å². The van der Waals surface area contributed by atoms with Crippen molar-refractivity contribution >= 4 is 35.4 Å². The summed E-state index contributed by atoms with van der Waals surface area (Å²) in [6, 6.07) is 0.966. The first-order valence-electron chi connectivity index (χ1n) is 21.0. The zero-order valence-corrected chi connectivity index (χ0v) is 37.3. The quantitative estimate of drug-likeness (QED) is 0.361. The van der Waals surface area contributed by atoms with Gasteiger partial charge in [0, 0.05) is 133 Å². The summed E-state index contributed by atoms with van der Waals surface area (Å²) in [6.45, 7) is 26.6. The highest BCUT2D eigenvalue weighted by molar-refractivity contribution is 5.75. The molecule has 3 unspecified atom stereocenters. The highest BCUT2D eigenvalue weighted by atomic mass is 16.2. The van der Waals surface area contributed by atoms with E-state index < -0.39 is 0 Å². The van der Waals surface area contributed by atoms with Crippen LogP contribution in [0.3, 0.4) is 0 Å². The maximum absolute atomic E-state index is 10.9. The van der Waals surface area contributed by atoms with Crippen molar-refractivity contribution in [1.29, 1.82) is 0 Å². The van der Waals surface area contributed by atoms with Crippen LogP contribution in [0.2, 0.25) is 0 Å². The predicted octanol–water partition coefficient (Wildman–Crippen LogP) is 3.60. The van der Waals surface area contributed by atoms with Gasteiger partial charge in [0.15, 0.2) is 0 Å². The lowest BCUT2D eigenvalue weighted by Crippen LogP contribution is -2.47. The van der Waals surface area contributed by atoms with Crippen molar-refractivity contribution in [2.45, 2.75) is 132 Å². The van der Waals surface area contributed by atoms with Crippen LogP contribution in [0.1, 0.15) is 120 Å². The molecule has 6 rings (SSSR count). The van der Waals surface area contributed by atoms with Crippen LogP contribution in [0.25, 0.3) is 0 Å². The number of hydrazine groups is 2. The fraction of sp³-hybridized carbons (Fsp3) is 0.854. The second-order valence-corrected chi connectivity index (χ2v) is 16.2.